The molecule has 5 aromatic rings. The van der Waals surface area contributed by atoms with E-state index in [2.05, 4.69) is 36.4 Å². The highest BCUT2D eigenvalue weighted by atomic mass is 16.5. The van der Waals surface area contributed by atoms with Gasteiger partial charge in [0.1, 0.15) is 13.1 Å². The van der Waals surface area contributed by atoms with Gasteiger partial charge in [0.15, 0.2) is 12.4 Å². The maximum Gasteiger partial charge on any atom is 0.339 e. The van der Waals surface area contributed by atoms with Crippen molar-refractivity contribution in [2.45, 2.75) is 25.9 Å². The predicted octanol–water partition coefficient (Wildman–Crippen LogP) is 4.99. The number of hydrogen-bond acceptors (Lipinski definition) is 4. The van der Waals surface area contributed by atoms with Gasteiger partial charge in [-0.25, -0.2) is 4.79 Å². The number of esters is 1. The number of para-hydroxylation sites is 1. The van der Waals surface area contributed by atoms with E-state index in [1.54, 1.807) is 0 Å². The quantitative estimate of drug-likeness (QED) is 0.246. The molecule has 40 heavy (non-hydrogen) atoms. The second-order valence-electron chi connectivity index (χ2n) is 10.7. The van der Waals surface area contributed by atoms with Gasteiger partial charge >= 0.3 is 5.97 Å². The highest BCUT2D eigenvalue weighted by Gasteiger charge is 2.29. The first-order valence-electron chi connectivity index (χ1n) is 13.8. The molecule has 0 radical (unpaired) electrons. The summed E-state index contributed by atoms with van der Waals surface area (Å²) >= 11 is 0. The number of carbonyl (C=O) groups excluding carboxylic acids is 2. The Bertz CT molecular complexity index is 1780. The van der Waals surface area contributed by atoms with E-state index in [1.165, 1.54) is 27.2 Å². The van der Waals surface area contributed by atoms with E-state index < -0.39 is 5.97 Å². The van der Waals surface area contributed by atoms with E-state index in [1.807, 2.05) is 60.7 Å². The van der Waals surface area contributed by atoms with Crippen molar-refractivity contribution >= 4 is 22.7 Å². The third-order valence-electron chi connectivity index (χ3n) is 8.18. The smallest absolute Gasteiger partial charge is 0.339 e. The molecule has 7 rings (SSSR count). The lowest BCUT2D eigenvalue weighted by Gasteiger charge is -2.27. The first kappa shape index (κ1) is 24.4. The summed E-state index contributed by atoms with van der Waals surface area (Å²) in [7, 11) is 0. The number of rotatable bonds is 6. The summed E-state index contributed by atoms with van der Waals surface area (Å²) in [5, 5.41) is 0.772. The van der Waals surface area contributed by atoms with Gasteiger partial charge in [0.25, 0.3) is 0 Å². The van der Waals surface area contributed by atoms with Crippen LogP contribution in [0.2, 0.25) is 0 Å². The van der Waals surface area contributed by atoms with Crippen molar-refractivity contribution in [2.75, 3.05) is 13.2 Å². The molecule has 0 saturated carbocycles. The number of ether oxygens (including phenoxy) is 1. The Hall–Kier alpha value is -4.61. The molecule has 1 aliphatic carbocycles. The minimum absolute atomic E-state index is 0.205. The summed E-state index contributed by atoms with van der Waals surface area (Å²) in [5.41, 5.74) is 9.77. The normalized spacial score (nSPS) is 15.2. The Balaban J connectivity index is 1.14. The van der Waals surface area contributed by atoms with Crippen molar-refractivity contribution in [1.82, 2.24) is 4.98 Å². The van der Waals surface area contributed by atoms with Crippen molar-refractivity contribution in [1.29, 1.82) is 0 Å². The summed E-state index contributed by atoms with van der Waals surface area (Å²) in [6.07, 6.45) is 1.66. The molecule has 1 N–H and O–H groups in total. The molecule has 1 aliphatic heterocycles. The maximum absolute atomic E-state index is 13.7. The van der Waals surface area contributed by atoms with Crippen LogP contribution < -0.4 is 4.90 Å². The molecule has 0 saturated heterocycles. The van der Waals surface area contributed by atoms with Crippen molar-refractivity contribution in [3.8, 4) is 11.1 Å². The van der Waals surface area contributed by atoms with Crippen LogP contribution in [0.5, 0.6) is 0 Å². The monoisotopic (exact) mass is 525 g/mol. The molecule has 0 bridgehead atoms. The number of carbonyl (C=O) groups is 2. The number of fused-ring (bicyclic) bond motifs is 5. The number of nitrogens with zero attached hydrogens (tertiary/aromatic N) is 1. The molecule has 2 heterocycles. The highest BCUT2D eigenvalue weighted by Crippen LogP contribution is 2.37. The van der Waals surface area contributed by atoms with Gasteiger partial charge in [0.2, 0.25) is 0 Å². The van der Waals surface area contributed by atoms with Crippen LogP contribution in [0.25, 0.3) is 22.0 Å². The molecule has 5 nitrogen and oxygen atoms in total. The largest absolute Gasteiger partial charge is 0.454 e. The van der Waals surface area contributed by atoms with E-state index in [0.717, 1.165) is 53.7 Å². The van der Waals surface area contributed by atoms with Crippen molar-refractivity contribution in [3.05, 3.63) is 136 Å². The second kappa shape index (κ2) is 10.2. The number of Topliss-reactive ketones (excluding diaryl/α,β-unsaturated/α-hetero) is 1. The fraction of sp³-hybridized carbons (Fsp3) is 0.171. The van der Waals surface area contributed by atoms with Crippen LogP contribution in [0.3, 0.4) is 0 Å². The van der Waals surface area contributed by atoms with E-state index in [0.29, 0.717) is 17.7 Å². The van der Waals surface area contributed by atoms with Crippen molar-refractivity contribution < 1.29 is 19.2 Å². The van der Waals surface area contributed by atoms with Gasteiger partial charge in [-0.2, -0.15) is 0 Å². The summed E-state index contributed by atoms with van der Waals surface area (Å²) < 4.78 is 5.74. The molecule has 196 valence electrons. The van der Waals surface area contributed by atoms with E-state index in [9.17, 15) is 9.59 Å². The molecule has 5 heteroatoms. The highest BCUT2D eigenvalue weighted by molar-refractivity contribution is 6.06. The summed E-state index contributed by atoms with van der Waals surface area (Å²) in [4.78, 5) is 33.2. The van der Waals surface area contributed by atoms with Crippen LogP contribution >= 0.6 is 0 Å². The lowest BCUT2D eigenvalue weighted by atomic mass is 9.95. The molecule has 0 fully saturated rings. The van der Waals surface area contributed by atoms with E-state index in [-0.39, 0.29) is 12.4 Å². The van der Waals surface area contributed by atoms with Crippen molar-refractivity contribution in [3.63, 3.8) is 0 Å². The number of ketones is 1. The molecule has 4 aromatic carbocycles. The minimum atomic E-state index is -0.462. The number of benzene rings is 4. The van der Waals surface area contributed by atoms with Gasteiger partial charge in [0, 0.05) is 28.5 Å². The number of aromatic nitrogens is 1. The Morgan fingerprint density at radius 3 is 2.50 bits per heavy atom. The standard InChI is InChI=1S/C35H28N2O3/c38-33(26-15-14-25-18-24-10-4-5-11-27(24)29(25)19-26)22-40-35(39)34-28-12-6-7-13-31(28)36-32-16-17-37(21-30(32)34)20-23-8-2-1-3-9-23/h1-15,19H,16-18,20-22H2/p+1. The zero-order valence-corrected chi connectivity index (χ0v) is 22.2. The molecule has 1 unspecified atom stereocenters. The Kier molecular flexibility index (Phi) is 6.21. The number of pyridine rings is 1. The fourth-order valence-electron chi connectivity index (χ4n) is 6.19. The minimum Gasteiger partial charge on any atom is -0.454 e. The molecular weight excluding hydrogens is 496 g/mol. The lowest BCUT2D eigenvalue weighted by Crippen LogP contribution is -3.10. The molecule has 1 atom stereocenters. The second-order valence-corrected chi connectivity index (χ2v) is 10.7. The van der Waals surface area contributed by atoms with Crippen LogP contribution in [-0.2, 0) is 30.7 Å². The fourth-order valence-corrected chi connectivity index (χ4v) is 6.19. The van der Waals surface area contributed by atoms with Gasteiger partial charge in [-0.3, -0.25) is 9.78 Å². The molecule has 0 amide bonds. The van der Waals surface area contributed by atoms with E-state index in [4.69, 9.17) is 9.72 Å². The van der Waals surface area contributed by atoms with E-state index >= 15 is 0 Å². The Morgan fingerprint density at radius 1 is 0.825 bits per heavy atom. The molecule has 2 aliphatic rings. The average Bonchev–Trinajstić information content (AvgIpc) is 3.37. The van der Waals surface area contributed by atoms with Crippen molar-refractivity contribution in [2.24, 2.45) is 0 Å². The first-order valence-corrected chi connectivity index (χ1v) is 13.8. The van der Waals surface area contributed by atoms with Crippen LogP contribution in [-0.4, -0.2) is 29.9 Å². The molecule has 1 aromatic heterocycles. The third-order valence-corrected chi connectivity index (χ3v) is 8.18. The first-order chi connectivity index (χ1) is 19.6. The zero-order valence-electron chi connectivity index (χ0n) is 22.2. The summed E-state index contributed by atoms with van der Waals surface area (Å²) in [6, 6.07) is 32.2. The average molecular weight is 526 g/mol. The van der Waals surface area contributed by atoms with Gasteiger partial charge in [-0.15, -0.1) is 0 Å². The van der Waals surface area contributed by atoms with Gasteiger partial charge in [-0.1, -0.05) is 84.9 Å². The van der Waals surface area contributed by atoms with Gasteiger partial charge in [0.05, 0.1) is 23.3 Å². The van der Waals surface area contributed by atoms with Gasteiger partial charge < -0.3 is 9.64 Å². The zero-order chi connectivity index (χ0) is 27.1. The number of hydrogen-bond donors (Lipinski definition) is 1. The van der Waals surface area contributed by atoms with Crippen LogP contribution in [0.15, 0.2) is 97.1 Å². The van der Waals surface area contributed by atoms with Crippen LogP contribution in [0.4, 0.5) is 0 Å². The number of quaternary nitrogens is 1. The van der Waals surface area contributed by atoms with Gasteiger partial charge in [-0.05, 0) is 40.8 Å². The predicted molar refractivity (Wildman–Crippen MR) is 154 cm³/mol. The number of nitrogens with one attached hydrogen (secondary N) is 1. The van der Waals surface area contributed by atoms with Crippen LogP contribution in [0, 0.1) is 0 Å². The summed E-state index contributed by atoms with van der Waals surface area (Å²) in [6.45, 7) is 2.21. The molecule has 0 spiro atoms. The Labute approximate surface area is 233 Å². The maximum atomic E-state index is 13.7. The summed E-state index contributed by atoms with van der Waals surface area (Å²) in [5.74, 6) is -0.667. The Morgan fingerprint density at radius 2 is 1.60 bits per heavy atom. The lowest BCUT2D eigenvalue weighted by molar-refractivity contribution is -0.929. The molecular formula is C35H29N2O3+. The van der Waals surface area contributed by atoms with Crippen LogP contribution in [0.1, 0.15) is 48.7 Å². The third kappa shape index (κ3) is 4.48. The SMILES string of the molecule is O=C(COC(=O)c1c2c(nc3ccccc13)CC[NH+](Cc1ccccc1)C2)c1ccc2c(c1)-c1ccccc1C2. The topological polar surface area (TPSA) is 60.7 Å².